The van der Waals surface area contributed by atoms with E-state index in [1.54, 1.807) is 12.1 Å². The van der Waals surface area contributed by atoms with Crippen LogP contribution >= 0.6 is 22.6 Å². The number of rotatable bonds is 4. The number of aryl methyl sites for hydroxylation is 3. The molecule has 0 spiro atoms. The molecular formula is C23H21FIN3. The van der Waals surface area contributed by atoms with E-state index in [9.17, 15) is 4.39 Å². The Morgan fingerprint density at radius 1 is 1.04 bits per heavy atom. The molecule has 4 rings (SSSR count). The molecule has 0 saturated heterocycles. The van der Waals surface area contributed by atoms with Crippen LogP contribution in [0.25, 0.3) is 16.9 Å². The summed E-state index contributed by atoms with van der Waals surface area (Å²) in [5.74, 6) is 0.671. The average molecular weight is 485 g/mol. The Morgan fingerprint density at radius 2 is 1.75 bits per heavy atom. The lowest BCUT2D eigenvalue weighted by Gasteiger charge is -2.16. The largest absolute Gasteiger partial charge is 0.339 e. The zero-order valence-electron chi connectivity index (χ0n) is 16.1. The summed E-state index contributed by atoms with van der Waals surface area (Å²) in [5.41, 5.74) is 7.21. The number of halogens is 2. The first-order valence-electron chi connectivity index (χ1n) is 9.28. The van der Waals surface area contributed by atoms with Gasteiger partial charge in [-0.25, -0.2) is 9.37 Å². The Labute approximate surface area is 177 Å². The lowest BCUT2D eigenvalue weighted by Crippen LogP contribution is -2.04. The van der Waals surface area contributed by atoms with Crippen LogP contribution in [0.1, 0.15) is 23.7 Å². The molecule has 0 bridgehead atoms. The number of pyridine rings is 1. The van der Waals surface area contributed by atoms with E-state index in [4.69, 9.17) is 4.98 Å². The molecule has 0 atom stereocenters. The summed E-state index contributed by atoms with van der Waals surface area (Å²) in [4.78, 5) is 4.91. The number of imidazole rings is 1. The van der Waals surface area contributed by atoms with Crippen molar-refractivity contribution in [2.75, 3.05) is 5.32 Å². The molecular weight excluding hydrogens is 464 g/mol. The summed E-state index contributed by atoms with van der Waals surface area (Å²) in [6.07, 6.45) is 0.884. The summed E-state index contributed by atoms with van der Waals surface area (Å²) >= 11 is 2.18. The fourth-order valence-corrected chi connectivity index (χ4v) is 4.28. The molecule has 5 heteroatoms. The second-order valence-electron chi connectivity index (χ2n) is 6.89. The van der Waals surface area contributed by atoms with Crippen LogP contribution in [0.3, 0.4) is 0 Å². The van der Waals surface area contributed by atoms with Crippen LogP contribution in [0.4, 0.5) is 15.9 Å². The minimum Gasteiger partial charge on any atom is -0.339 e. The van der Waals surface area contributed by atoms with E-state index < -0.39 is 0 Å². The van der Waals surface area contributed by atoms with E-state index in [0.717, 1.165) is 38.4 Å². The van der Waals surface area contributed by atoms with Crippen molar-refractivity contribution in [3.8, 4) is 11.3 Å². The van der Waals surface area contributed by atoms with Crippen molar-refractivity contribution in [3.63, 3.8) is 0 Å². The van der Waals surface area contributed by atoms with Crippen LogP contribution in [0, 0.1) is 23.2 Å². The number of nitrogens with zero attached hydrogens (tertiary/aromatic N) is 2. The van der Waals surface area contributed by atoms with Crippen molar-refractivity contribution in [1.29, 1.82) is 0 Å². The second-order valence-corrected chi connectivity index (χ2v) is 8.05. The number of nitrogens with one attached hydrogen (secondary N) is 1. The third kappa shape index (κ3) is 3.28. The highest BCUT2D eigenvalue weighted by atomic mass is 127. The number of fused-ring (bicyclic) bond motifs is 1. The molecule has 0 radical (unpaired) electrons. The van der Waals surface area contributed by atoms with Crippen LogP contribution in [0.5, 0.6) is 0 Å². The van der Waals surface area contributed by atoms with Crippen LogP contribution < -0.4 is 5.32 Å². The van der Waals surface area contributed by atoms with Gasteiger partial charge >= 0.3 is 0 Å². The van der Waals surface area contributed by atoms with Crippen molar-refractivity contribution >= 4 is 39.7 Å². The SMILES string of the molecule is CCc1cccc2nc(-c3ccc(F)cc3I)c(Nc3c(C)cccc3C)n12. The van der Waals surface area contributed by atoms with E-state index in [1.165, 1.54) is 22.9 Å². The van der Waals surface area contributed by atoms with E-state index in [-0.39, 0.29) is 5.82 Å². The maximum absolute atomic E-state index is 13.7. The zero-order valence-corrected chi connectivity index (χ0v) is 18.2. The van der Waals surface area contributed by atoms with Crippen molar-refractivity contribution in [2.45, 2.75) is 27.2 Å². The van der Waals surface area contributed by atoms with Gasteiger partial charge in [-0.1, -0.05) is 31.2 Å². The summed E-state index contributed by atoms with van der Waals surface area (Å²) in [7, 11) is 0. The second kappa shape index (κ2) is 7.54. The molecule has 1 N–H and O–H groups in total. The van der Waals surface area contributed by atoms with Gasteiger partial charge in [0.2, 0.25) is 0 Å². The zero-order chi connectivity index (χ0) is 19.8. The number of aromatic nitrogens is 2. The normalized spacial score (nSPS) is 11.2. The first-order valence-corrected chi connectivity index (χ1v) is 10.4. The van der Waals surface area contributed by atoms with Gasteiger partial charge in [0.05, 0.1) is 0 Å². The molecule has 0 aliphatic rings. The summed E-state index contributed by atoms with van der Waals surface area (Å²) in [6, 6.07) is 17.3. The molecule has 2 aromatic heterocycles. The van der Waals surface area contributed by atoms with Gasteiger partial charge in [-0.3, -0.25) is 4.40 Å². The van der Waals surface area contributed by atoms with Gasteiger partial charge in [0.25, 0.3) is 0 Å². The topological polar surface area (TPSA) is 29.3 Å². The van der Waals surface area contributed by atoms with Crippen molar-refractivity contribution in [2.24, 2.45) is 0 Å². The van der Waals surface area contributed by atoms with Crippen LogP contribution in [-0.2, 0) is 6.42 Å². The Kier molecular flexibility index (Phi) is 5.10. The van der Waals surface area contributed by atoms with E-state index in [1.807, 2.05) is 12.1 Å². The summed E-state index contributed by atoms with van der Waals surface area (Å²) in [5, 5.41) is 3.65. The van der Waals surface area contributed by atoms with Crippen LogP contribution in [-0.4, -0.2) is 9.38 Å². The number of para-hydroxylation sites is 1. The molecule has 3 nitrogen and oxygen atoms in total. The van der Waals surface area contributed by atoms with Crippen molar-refractivity contribution in [3.05, 3.63) is 80.8 Å². The molecule has 0 fully saturated rings. The molecule has 2 heterocycles. The third-order valence-corrected chi connectivity index (χ3v) is 5.89. The molecule has 28 heavy (non-hydrogen) atoms. The minimum absolute atomic E-state index is 0.240. The van der Waals surface area contributed by atoms with E-state index >= 15 is 0 Å². The summed E-state index contributed by atoms with van der Waals surface area (Å²) < 4.78 is 16.7. The molecule has 0 aliphatic carbocycles. The predicted octanol–water partition coefficient (Wildman–Crippen LogP) is 6.67. The maximum atomic E-state index is 13.7. The molecule has 2 aromatic carbocycles. The number of benzene rings is 2. The van der Waals surface area contributed by atoms with Crippen LogP contribution in [0.15, 0.2) is 54.6 Å². The van der Waals surface area contributed by atoms with Gasteiger partial charge < -0.3 is 5.32 Å². The maximum Gasteiger partial charge on any atom is 0.143 e. The summed E-state index contributed by atoms with van der Waals surface area (Å²) in [6.45, 7) is 6.33. The Balaban J connectivity index is 2.01. The Bertz CT molecular complexity index is 1160. The molecule has 0 amide bonds. The minimum atomic E-state index is -0.240. The number of hydrogen-bond acceptors (Lipinski definition) is 2. The molecule has 0 aliphatic heterocycles. The number of anilines is 2. The Morgan fingerprint density at radius 3 is 2.43 bits per heavy atom. The lowest BCUT2D eigenvalue weighted by atomic mass is 10.1. The van der Waals surface area contributed by atoms with Crippen molar-refractivity contribution < 1.29 is 4.39 Å². The first-order chi connectivity index (χ1) is 13.5. The predicted molar refractivity (Wildman–Crippen MR) is 122 cm³/mol. The fraction of sp³-hybridized carbons (Fsp3) is 0.174. The Hall–Kier alpha value is -2.41. The standard InChI is InChI=1S/C23H21FIN3/c1-4-17-9-6-10-20-26-22(18-12-11-16(24)13-19(18)25)23(28(17)20)27-21-14(2)7-5-8-15(21)3/h5-13,27H,4H2,1-3H3. The highest BCUT2D eigenvalue weighted by Crippen LogP contribution is 2.36. The quantitative estimate of drug-likeness (QED) is 0.328. The lowest BCUT2D eigenvalue weighted by molar-refractivity contribution is 0.627. The first kappa shape index (κ1) is 18.9. The van der Waals surface area contributed by atoms with Gasteiger partial charge in [-0.05, 0) is 84.3 Å². The van der Waals surface area contributed by atoms with Gasteiger partial charge in [0, 0.05) is 20.5 Å². The molecule has 0 saturated carbocycles. The van der Waals surface area contributed by atoms with Crippen LogP contribution in [0.2, 0.25) is 0 Å². The molecule has 4 aromatic rings. The third-order valence-electron chi connectivity index (χ3n) is 5.00. The smallest absolute Gasteiger partial charge is 0.143 e. The van der Waals surface area contributed by atoms with Gasteiger partial charge in [-0.15, -0.1) is 0 Å². The van der Waals surface area contributed by atoms with Gasteiger partial charge in [-0.2, -0.15) is 0 Å². The number of hydrogen-bond donors (Lipinski definition) is 1. The average Bonchev–Trinajstić information content (AvgIpc) is 3.03. The molecule has 0 unspecified atom stereocenters. The van der Waals surface area contributed by atoms with Gasteiger partial charge in [0.1, 0.15) is 23.0 Å². The molecule has 142 valence electrons. The highest BCUT2D eigenvalue weighted by molar-refractivity contribution is 14.1. The van der Waals surface area contributed by atoms with Gasteiger partial charge in [0.15, 0.2) is 0 Å². The highest BCUT2D eigenvalue weighted by Gasteiger charge is 2.19. The fourth-order valence-electron chi connectivity index (χ4n) is 3.55. The van der Waals surface area contributed by atoms with E-state index in [2.05, 4.69) is 77.3 Å². The monoisotopic (exact) mass is 485 g/mol. The van der Waals surface area contributed by atoms with Crippen molar-refractivity contribution in [1.82, 2.24) is 9.38 Å². The van der Waals surface area contributed by atoms with E-state index in [0.29, 0.717) is 0 Å².